The van der Waals surface area contributed by atoms with Gasteiger partial charge in [0.2, 0.25) is 0 Å². The molecule has 19 heavy (non-hydrogen) atoms. The number of hydrogen-bond acceptors (Lipinski definition) is 3. The van der Waals surface area contributed by atoms with Crippen LogP contribution in [0.2, 0.25) is 0 Å². The van der Waals surface area contributed by atoms with Crippen LogP contribution in [0.25, 0.3) is 0 Å². The van der Waals surface area contributed by atoms with E-state index in [9.17, 15) is 8.42 Å². The van der Waals surface area contributed by atoms with Gasteiger partial charge in [-0.15, -0.1) is 0 Å². The molecule has 2 N–H and O–H groups in total. The van der Waals surface area contributed by atoms with Crippen LogP contribution in [0.1, 0.15) is 25.3 Å². The van der Waals surface area contributed by atoms with Gasteiger partial charge in [0.15, 0.2) is 0 Å². The molecule has 0 unspecified atom stereocenters. The third-order valence-corrected chi connectivity index (χ3v) is 5.53. The summed E-state index contributed by atoms with van der Waals surface area (Å²) in [5.74, 6) is 0. The zero-order chi connectivity index (χ0) is 13.9. The summed E-state index contributed by atoms with van der Waals surface area (Å²) in [6.45, 7) is 3.90. The van der Waals surface area contributed by atoms with E-state index in [4.69, 9.17) is 5.73 Å². The Morgan fingerprint density at radius 1 is 1.26 bits per heavy atom. The molecular formula is C13H21N3O2S. The second-order valence-electron chi connectivity index (χ2n) is 4.74. The predicted molar refractivity (Wildman–Crippen MR) is 76.7 cm³/mol. The highest BCUT2D eigenvalue weighted by Gasteiger charge is 2.30. The lowest BCUT2D eigenvalue weighted by molar-refractivity contribution is 0.366. The second-order valence-corrected chi connectivity index (χ2v) is 6.67. The van der Waals surface area contributed by atoms with Crippen molar-refractivity contribution in [3.63, 3.8) is 0 Å². The number of benzene rings is 1. The molecule has 0 aromatic heterocycles. The topological polar surface area (TPSA) is 66.6 Å². The fraction of sp³-hybridized carbons (Fsp3) is 0.538. The Kier molecular flexibility index (Phi) is 4.44. The molecule has 1 saturated heterocycles. The third kappa shape index (κ3) is 3.08. The first-order chi connectivity index (χ1) is 9.05. The summed E-state index contributed by atoms with van der Waals surface area (Å²) in [5, 5.41) is 0. The summed E-state index contributed by atoms with van der Waals surface area (Å²) >= 11 is 0. The van der Waals surface area contributed by atoms with Gasteiger partial charge in [-0.05, 0) is 24.5 Å². The molecule has 1 aromatic rings. The quantitative estimate of drug-likeness (QED) is 0.831. The van der Waals surface area contributed by atoms with Gasteiger partial charge in [-0.3, -0.25) is 0 Å². The van der Waals surface area contributed by atoms with Crippen molar-refractivity contribution in [2.45, 2.75) is 26.3 Å². The molecule has 1 heterocycles. The van der Waals surface area contributed by atoms with E-state index < -0.39 is 10.2 Å². The minimum Gasteiger partial charge on any atom is -0.398 e. The Labute approximate surface area is 115 Å². The molecule has 0 aliphatic carbocycles. The van der Waals surface area contributed by atoms with Crippen LogP contribution in [-0.4, -0.2) is 36.7 Å². The monoisotopic (exact) mass is 283 g/mol. The first kappa shape index (κ1) is 14.3. The van der Waals surface area contributed by atoms with Gasteiger partial charge in [0, 0.05) is 31.9 Å². The van der Waals surface area contributed by atoms with Crippen molar-refractivity contribution in [1.29, 1.82) is 0 Å². The molecule has 0 atom stereocenters. The third-order valence-electron chi connectivity index (χ3n) is 3.47. The highest BCUT2D eigenvalue weighted by atomic mass is 32.2. The van der Waals surface area contributed by atoms with Gasteiger partial charge in [-0.25, -0.2) is 0 Å². The average molecular weight is 283 g/mol. The molecule has 1 fully saturated rings. The lowest BCUT2D eigenvalue weighted by Crippen LogP contribution is -2.42. The highest BCUT2D eigenvalue weighted by Crippen LogP contribution is 2.20. The molecule has 1 aromatic carbocycles. The van der Waals surface area contributed by atoms with Crippen molar-refractivity contribution in [3.05, 3.63) is 29.8 Å². The van der Waals surface area contributed by atoms with E-state index in [1.807, 2.05) is 25.1 Å². The summed E-state index contributed by atoms with van der Waals surface area (Å²) in [5.41, 5.74) is 7.38. The van der Waals surface area contributed by atoms with Crippen LogP contribution in [0.4, 0.5) is 5.69 Å². The standard InChI is InChI=1S/C13H21N3O2S/c1-2-15(11-12-7-3-4-8-13(12)14)19(17,18)16-9-5-6-10-16/h3-4,7-8H,2,5-6,9-11,14H2,1H3. The van der Waals surface area contributed by atoms with Crippen LogP contribution < -0.4 is 5.73 Å². The number of nitrogens with zero attached hydrogens (tertiary/aromatic N) is 2. The summed E-state index contributed by atoms with van der Waals surface area (Å²) < 4.78 is 28.0. The number of anilines is 1. The fourth-order valence-electron chi connectivity index (χ4n) is 2.31. The number of para-hydroxylation sites is 1. The number of rotatable bonds is 5. The van der Waals surface area contributed by atoms with E-state index in [-0.39, 0.29) is 0 Å². The SMILES string of the molecule is CCN(Cc1ccccc1N)S(=O)(=O)N1CCCC1. The molecule has 1 aliphatic rings. The summed E-state index contributed by atoms with van der Waals surface area (Å²) in [6.07, 6.45) is 1.90. The normalized spacial score (nSPS) is 17.2. The molecule has 5 nitrogen and oxygen atoms in total. The molecule has 0 spiro atoms. The van der Waals surface area contributed by atoms with Gasteiger partial charge >= 0.3 is 0 Å². The van der Waals surface area contributed by atoms with E-state index in [1.54, 1.807) is 10.4 Å². The van der Waals surface area contributed by atoms with Gasteiger partial charge in [0.1, 0.15) is 0 Å². The van der Waals surface area contributed by atoms with E-state index in [2.05, 4.69) is 0 Å². The zero-order valence-electron chi connectivity index (χ0n) is 11.2. The molecule has 0 bridgehead atoms. The minimum absolute atomic E-state index is 0.335. The molecule has 0 saturated carbocycles. The first-order valence-corrected chi connectivity index (χ1v) is 8.04. The highest BCUT2D eigenvalue weighted by molar-refractivity contribution is 7.86. The van der Waals surface area contributed by atoms with Gasteiger partial charge in [0.05, 0.1) is 0 Å². The second kappa shape index (κ2) is 5.90. The Morgan fingerprint density at radius 3 is 2.47 bits per heavy atom. The molecular weight excluding hydrogens is 262 g/mol. The lowest BCUT2D eigenvalue weighted by atomic mass is 10.2. The van der Waals surface area contributed by atoms with Gasteiger partial charge in [-0.1, -0.05) is 25.1 Å². The van der Waals surface area contributed by atoms with Crippen molar-refractivity contribution >= 4 is 15.9 Å². The van der Waals surface area contributed by atoms with Crippen LogP contribution in [-0.2, 0) is 16.8 Å². The van der Waals surface area contributed by atoms with Gasteiger partial charge in [0.25, 0.3) is 10.2 Å². The number of nitrogens with two attached hydrogens (primary N) is 1. The smallest absolute Gasteiger partial charge is 0.282 e. The van der Waals surface area contributed by atoms with E-state index in [1.165, 1.54) is 4.31 Å². The first-order valence-electron chi connectivity index (χ1n) is 6.64. The van der Waals surface area contributed by atoms with Crippen molar-refractivity contribution < 1.29 is 8.42 Å². The molecule has 0 amide bonds. The maximum absolute atomic E-state index is 12.5. The number of nitrogen functional groups attached to an aromatic ring is 1. The van der Waals surface area contributed by atoms with Gasteiger partial charge in [-0.2, -0.15) is 17.0 Å². The number of hydrogen-bond donors (Lipinski definition) is 1. The van der Waals surface area contributed by atoms with Crippen LogP contribution in [0, 0.1) is 0 Å². The Hall–Kier alpha value is -1.11. The van der Waals surface area contributed by atoms with Crippen LogP contribution in [0.15, 0.2) is 24.3 Å². The van der Waals surface area contributed by atoms with E-state index in [0.717, 1.165) is 18.4 Å². The van der Waals surface area contributed by atoms with Gasteiger partial charge < -0.3 is 5.73 Å². The van der Waals surface area contributed by atoms with E-state index in [0.29, 0.717) is 31.9 Å². The largest absolute Gasteiger partial charge is 0.398 e. The maximum atomic E-state index is 12.5. The van der Waals surface area contributed by atoms with Crippen molar-refractivity contribution in [2.24, 2.45) is 0 Å². The minimum atomic E-state index is -3.35. The Morgan fingerprint density at radius 2 is 1.89 bits per heavy atom. The summed E-state index contributed by atoms with van der Waals surface area (Å²) in [6, 6.07) is 7.40. The molecule has 2 rings (SSSR count). The zero-order valence-corrected chi connectivity index (χ0v) is 12.1. The Balaban J connectivity index is 2.18. The maximum Gasteiger partial charge on any atom is 0.282 e. The van der Waals surface area contributed by atoms with Crippen LogP contribution >= 0.6 is 0 Å². The molecule has 1 aliphatic heterocycles. The Bertz CT molecular complexity index is 524. The fourth-order valence-corrected chi connectivity index (χ4v) is 3.98. The predicted octanol–water partition coefficient (Wildman–Crippen LogP) is 1.43. The molecule has 0 radical (unpaired) electrons. The van der Waals surface area contributed by atoms with Crippen molar-refractivity contribution in [2.75, 3.05) is 25.4 Å². The van der Waals surface area contributed by atoms with Crippen molar-refractivity contribution in [3.8, 4) is 0 Å². The average Bonchev–Trinajstić information content (AvgIpc) is 2.92. The van der Waals surface area contributed by atoms with E-state index >= 15 is 0 Å². The van der Waals surface area contributed by atoms with Crippen molar-refractivity contribution in [1.82, 2.24) is 8.61 Å². The lowest BCUT2D eigenvalue weighted by Gasteiger charge is -2.26. The molecule has 106 valence electrons. The molecule has 6 heteroatoms. The van der Waals surface area contributed by atoms with Crippen LogP contribution in [0.5, 0.6) is 0 Å². The summed E-state index contributed by atoms with van der Waals surface area (Å²) in [7, 11) is -3.35. The van der Waals surface area contributed by atoms with Crippen LogP contribution in [0.3, 0.4) is 0 Å². The summed E-state index contributed by atoms with van der Waals surface area (Å²) in [4.78, 5) is 0.